The van der Waals surface area contributed by atoms with Crippen LogP contribution in [0.15, 0.2) is 131 Å². The average Bonchev–Trinajstić information content (AvgIpc) is 3.31. The highest BCUT2D eigenvalue weighted by Gasteiger charge is 2.16. The van der Waals surface area contributed by atoms with Crippen molar-refractivity contribution in [2.75, 3.05) is 0 Å². The molecule has 198 valence electrons. The van der Waals surface area contributed by atoms with Gasteiger partial charge in [0.05, 0.1) is 16.9 Å². The predicted octanol–water partition coefficient (Wildman–Crippen LogP) is 9.38. The lowest BCUT2D eigenvalue weighted by Gasteiger charge is -2.11. The van der Waals surface area contributed by atoms with Gasteiger partial charge in [0, 0.05) is 27.4 Å². The fourth-order valence-corrected chi connectivity index (χ4v) is 6.50. The number of phenolic OH excluding ortho intramolecular Hbond substituents is 1. The second-order valence-electron chi connectivity index (χ2n) is 10.2. The van der Waals surface area contributed by atoms with Gasteiger partial charge in [-0.05, 0) is 90.7 Å². The summed E-state index contributed by atoms with van der Waals surface area (Å²) in [5, 5.41) is 13.8. The van der Waals surface area contributed by atoms with Gasteiger partial charge in [0.25, 0.3) is 0 Å². The predicted molar refractivity (Wildman–Crippen MR) is 169 cm³/mol. The summed E-state index contributed by atoms with van der Waals surface area (Å²) in [5.41, 5.74) is 9.39. The van der Waals surface area contributed by atoms with Gasteiger partial charge >= 0.3 is 0 Å². The number of fused-ring (bicyclic) bond motifs is 3. The van der Waals surface area contributed by atoms with Crippen LogP contribution in [0.4, 0.5) is 0 Å². The number of benzene rings is 4. The van der Waals surface area contributed by atoms with E-state index in [2.05, 4.69) is 97.7 Å². The van der Waals surface area contributed by atoms with Gasteiger partial charge in [-0.2, -0.15) is 0 Å². The summed E-state index contributed by atoms with van der Waals surface area (Å²) in [6.45, 7) is 4.31. The van der Waals surface area contributed by atoms with Crippen LogP contribution in [0, 0.1) is 13.8 Å². The van der Waals surface area contributed by atoms with E-state index in [1.807, 2.05) is 41.1 Å². The third-order valence-electron chi connectivity index (χ3n) is 7.50. The molecule has 7 rings (SSSR count). The molecule has 41 heavy (non-hydrogen) atoms. The number of rotatable bonds is 5. The molecule has 0 atom stereocenters. The van der Waals surface area contributed by atoms with Gasteiger partial charge in [0.15, 0.2) is 0 Å². The smallest absolute Gasteiger partial charge is 0.146 e. The Morgan fingerprint density at radius 1 is 0.683 bits per heavy atom. The highest BCUT2D eigenvalue weighted by atomic mass is 32.2. The topological polar surface area (TPSA) is 50.9 Å². The molecule has 3 heterocycles. The molecular weight excluding hydrogens is 522 g/mol. The second-order valence-corrected chi connectivity index (χ2v) is 11.3. The molecule has 0 aliphatic rings. The van der Waals surface area contributed by atoms with Gasteiger partial charge < -0.3 is 5.11 Å². The standard InChI is InChI=1S/C36H27N3OS/c1-23-9-7-10-24(2)35(23)26-19-20-37-34(22-26)41-27-12-8-11-25(21-27)30-18-17-29-28-13-3-4-14-31(28)39(36(29)38-30)32-15-5-6-16-33(32)40/h3-22,40H,1-2H3. The number of phenols is 1. The van der Waals surface area contributed by atoms with Crippen molar-refractivity contribution in [3.63, 3.8) is 0 Å². The van der Waals surface area contributed by atoms with Crippen LogP contribution in [0.1, 0.15) is 11.1 Å². The highest BCUT2D eigenvalue weighted by molar-refractivity contribution is 7.99. The number of para-hydroxylation sites is 3. The van der Waals surface area contributed by atoms with Crippen LogP contribution in [0.2, 0.25) is 0 Å². The number of hydrogen-bond acceptors (Lipinski definition) is 4. The van der Waals surface area contributed by atoms with E-state index in [1.54, 1.807) is 17.8 Å². The summed E-state index contributed by atoms with van der Waals surface area (Å²) in [7, 11) is 0. The highest BCUT2D eigenvalue weighted by Crippen LogP contribution is 2.37. The van der Waals surface area contributed by atoms with Crippen molar-refractivity contribution in [2.24, 2.45) is 0 Å². The van der Waals surface area contributed by atoms with Gasteiger partial charge in [-0.3, -0.25) is 4.57 Å². The Hall–Kier alpha value is -4.87. The first-order valence-corrected chi connectivity index (χ1v) is 14.4. The van der Waals surface area contributed by atoms with Crippen molar-refractivity contribution >= 4 is 33.7 Å². The van der Waals surface area contributed by atoms with E-state index < -0.39 is 0 Å². The Balaban J connectivity index is 1.29. The van der Waals surface area contributed by atoms with E-state index in [1.165, 1.54) is 22.3 Å². The van der Waals surface area contributed by atoms with E-state index in [4.69, 9.17) is 4.98 Å². The van der Waals surface area contributed by atoms with Crippen molar-refractivity contribution in [1.29, 1.82) is 0 Å². The average molecular weight is 550 g/mol. The van der Waals surface area contributed by atoms with E-state index in [-0.39, 0.29) is 5.75 Å². The molecule has 0 radical (unpaired) electrons. The van der Waals surface area contributed by atoms with Crippen LogP contribution in [0.25, 0.3) is 50.0 Å². The number of aromatic hydroxyl groups is 1. The number of aryl methyl sites for hydroxylation is 2. The minimum absolute atomic E-state index is 0.219. The molecule has 7 aromatic rings. The fraction of sp³-hybridized carbons (Fsp3) is 0.0556. The van der Waals surface area contributed by atoms with Crippen LogP contribution < -0.4 is 0 Å². The molecule has 0 aliphatic heterocycles. The zero-order chi connectivity index (χ0) is 27.9. The minimum atomic E-state index is 0.219. The maximum Gasteiger partial charge on any atom is 0.146 e. The summed E-state index contributed by atoms with van der Waals surface area (Å²) in [5.74, 6) is 0.219. The molecule has 0 bridgehead atoms. The van der Waals surface area contributed by atoms with E-state index in [0.29, 0.717) is 5.69 Å². The SMILES string of the molecule is Cc1cccc(C)c1-c1ccnc(Sc2cccc(-c3ccc4c5ccccc5n(-c5ccccc5O)c4n3)c2)c1. The Labute approximate surface area is 243 Å². The molecule has 4 nitrogen and oxygen atoms in total. The third kappa shape index (κ3) is 4.54. The van der Waals surface area contributed by atoms with Gasteiger partial charge in [0.2, 0.25) is 0 Å². The van der Waals surface area contributed by atoms with Crippen LogP contribution in [-0.4, -0.2) is 19.6 Å². The third-order valence-corrected chi connectivity index (χ3v) is 8.42. The molecule has 0 amide bonds. The first kappa shape index (κ1) is 25.1. The van der Waals surface area contributed by atoms with Gasteiger partial charge in [-0.25, -0.2) is 9.97 Å². The largest absolute Gasteiger partial charge is 0.506 e. The molecule has 0 spiro atoms. The Morgan fingerprint density at radius 2 is 1.46 bits per heavy atom. The summed E-state index contributed by atoms with van der Waals surface area (Å²) in [6.07, 6.45) is 1.89. The number of pyridine rings is 2. The van der Waals surface area contributed by atoms with E-state index >= 15 is 0 Å². The van der Waals surface area contributed by atoms with Crippen LogP contribution in [0.3, 0.4) is 0 Å². The second kappa shape index (κ2) is 10.3. The summed E-state index contributed by atoms with van der Waals surface area (Å²) in [6, 6.07) is 38.9. The van der Waals surface area contributed by atoms with Gasteiger partial charge in [0.1, 0.15) is 16.4 Å². The Kier molecular flexibility index (Phi) is 6.29. The molecule has 4 aromatic carbocycles. The number of nitrogens with zero attached hydrogens (tertiary/aromatic N) is 3. The molecule has 0 aliphatic carbocycles. The maximum atomic E-state index is 10.7. The van der Waals surface area contributed by atoms with Crippen molar-refractivity contribution in [2.45, 2.75) is 23.8 Å². The van der Waals surface area contributed by atoms with Crippen molar-refractivity contribution < 1.29 is 5.11 Å². The van der Waals surface area contributed by atoms with Gasteiger partial charge in [-0.15, -0.1) is 0 Å². The molecule has 0 fully saturated rings. The summed E-state index contributed by atoms with van der Waals surface area (Å²) < 4.78 is 2.05. The first-order valence-electron chi connectivity index (χ1n) is 13.6. The maximum absolute atomic E-state index is 10.7. The lowest BCUT2D eigenvalue weighted by Crippen LogP contribution is -1.96. The number of hydrogen-bond donors (Lipinski definition) is 1. The zero-order valence-electron chi connectivity index (χ0n) is 22.7. The molecular formula is C36H27N3OS. The molecule has 3 aromatic heterocycles. The number of aromatic nitrogens is 3. The fourth-order valence-electron chi connectivity index (χ4n) is 5.63. The van der Waals surface area contributed by atoms with Crippen molar-refractivity contribution in [1.82, 2.24) is 14.5 Å². The van der Waals surface area contributed by atoms with Crippen LogP contribution in [-0.2, 0) is 0 Å². The monoisotopic (exact) mass is 549 g/mol. The van der Waals surface area contributed by atoms with E-state index in [9.17, 15) is 5.11 Å². The van der Waals surface area contributed by atoms with Crippen molar-refractivity contribution in [3.05, 3.63) is 133 Å². The molecule has 1 N–H and O–H groups in total. The van der Waals surface area contributed by atoms with Crippen LogP contribution >= 0.6 is 11.8 Å². The summed E-state index contributed by atoms with van der Waals surface area (Å²) in [4.78, 5) is 10.9. The molecule has 0 saturated heterocycles. The minimum Gasteiger partial charge on any atom is -0.506 e. The Morgan fingerprint density at radius 3 is 2.32 bits per heavy atom. The van der Waals surface area contributed by atoms with Crippen molar-refractivity contribution in [3.8, 4) is 33.8 Å². The quantitative estimate of drug-likeness (QED) is 0.232. The normalized spacial score (nSPS) is 11.4. The zero-order valence-corrected chi connectivity index (χ0v) is 23.6. The molecule has 0 unspecified atom stereocenters. The lowest BCUT2D eigenvalue weighted by molar-refractivity contribution is 0.473. The van der Waals surface area contributed by atoms with Crippen LogP contribution in [0.5, 0.6) is 5.75 Å². The molecule has 0 saturated carbocycles. The summed E-state index contributed by atoms with van der Waals surface area (Å²) >= 11 is 1.65. The van der Waals surface area contributed by atoms with Gasteiger partial charge in [-0.1, -0.05) is 72.4 Å². The van der Waals surface area contributed by atoms with E-state index in [0.717, 1.165) is 43.1 Å². The molecule has 5 heteroatoms. The first-order chi connectivity index (χ1) is 20.1. The Bertz CT molecular complexity index is 2060. The lowest BCUT2D eigenvalue weighted by atomic mass is 9.97.